The van der Waals surface area contributed by atoms with Crippen molar-refractivity contribution in [3.05, 3.63) is 65.0 Å². The van der Waals surface area contributed by atoms with Gasteiger partial charge in [-0.05, 0) is 24.3 Å². The first kappa shape index (κ1) is 17.5. The standard InChI is InChI=1S/C18H11F3N2O3/c1-9(24)22-14-8-15(25)12-6-7-13(23-16(12)17(14)26)10-2-4-11(5-3-10)18(19,20)21/h2-8H,1H3,(H,22,24). The summed E-state index contributed by atoms with van der Waals surface area (Å²) < 4.78 is 38.0. The Morgan fingerprint density at radius 3 is 2.27 bits per heavy atom. The number of Topliss-reactive ketones (excluding diaryl/α,β-unsaturated/α-hetero) is 1. The molecule has 0 aliphatic heterocycles. The maximum Gasteiger partial charge on any atom is 0.416 e. The molecule has 1 aromatic carbocycles. The molecule has 1 aromatic heterocycles. The third-order valence-electron chi connectivity index (χ3n) is 3.71. The summed E-state index contributed by atoms with van der Waals surface area (Å²) in [4.78, 5) is 39.8. The van der Waals surface area contributed by atoms with Crippen molar-refractivity contribution >= 4 is 17.5 Å². The number of allylic oxidation sites excluding steroid dienone is 2. The van der Waals surface area contributed by atoms with Crippen LogP contribution in [0.3, 0.4) is 0 Å². The second kappa shape index (κ2) is 6.21. The smallest absolute Gasteiger partial charge is 0.323 e. The number of ketones is 2. The predicted octanol–water partition coefficient (Wildman–Crippen LogP) is 3.17. The van der Waals surface area contributed by atoms with E-state index in [1.54, 1.807) is 0 Å². The molecule has 1 amide bonds. The van der Waals surface area contributed by atoms with Crippen LogP contribution in [0.1, 0.15) is 33.3 Å². The summed E-state index contributed by atoms with van der Waals surface area (Å²) in [5.41, 5.74) is -0.480. The minimum atomic E-state index is -4.46. The van der Waals surface area contributed by atoms with Crippen LogP contribution in [0.4, 0.5) is 13.2 Å². The number of nitrogens with one attached hydrogen (secondary N) is 1. The van der Waals surface area contributed by atoms with Crippen LogP contribution in [0, 0.1) is 0 Å². The highest BCUT2D eigenvalue weighted by atomic mass is 19.4. The number of pyridine rings is 1. The lowest BCUT2D eigenvalue weighted by atomic mass is 9.96. The van der Waals surface area contributed by atoms with Crippen LogP contribution in [-0.4, -0.2) is 22.5 Å². The number of amides is 1. The SMILES string of the molecule is CC(=O)NC1=CC(=O)c2ccc(-c3ccc(C(F)(F)F)cc3)nc2C1=O. The molecule has 0 fully saturated rings. The number of rotatable bonds is 2. The molecular weight excluding hydrogens is 349 g/mol. The summed E-state index contributed by atoms with van der Waals surface area (Å²) in [5, 5.41) is 2.27. The molecule has 26 heavy (non-hydrogen) atoms. The first-order valence-electron chi connectivity index (χ1n) is 7.44. The zero-order valence-electron chi connectivity index (χ0n) is 13.3. The average molecular weight is 360 g/mol. The van der Waals surface area contributed by atoms with E-state index in [1.165, 1.54) is 31.2 Å². The average Bonchev–Trinajstić information content (AvgIpc) is 2.58. The van der Waals surface area contributed by atoms with E-state index in [0.29, 0.717) is 5.56 Å². The molecule has 0 atom stereocenters. The van der Waals surface area contributed by atoms with Gasteiger partial charge in [-0.15, -0.1) is 0 Å². The quantitative estimate of drug-likeness (QED) is 0.893. The molecule has 1 aliphatic carbocycles. The number of fused-ring (bicyclic) bond motifs is 1. The van der Waals surface area contributed by atoms with Gasteiger partial charge in [0.05, 0.1) is 22.5 Å². The molecule has 1 N–H and O–H groups in total. The molecule has 5 nitrogen and oxygen atoms in total. The van der Waals surface area contributed by atoms with Gasteiger partial charge < -0.3 is 5.32 Å². The second-order valence-electron chi connectivity index (χ2n) is 5.60. The lowest BCUT2D eigenvalue weighted by molar-refractivity contribution is -0.137. The Bertz CT molecular complexity index is 961. The van der Waals surface area contributed by atoms with Gasteiger partial charge in [-0.25, -0.2) is 4.98 Å². The van der Waals surface area contributed by atoms with Crippen molar-refractivity contribution in [3.63, 3.8) is 0 Å². The van der Waals surface area contributed by atoms with Crippen molar-refractivity contribution in [2.24, 2.45) is 0 Å². The summed E-state index contributed by atoms with van der Waals surface area (Å²) >= 11 is 0. The second-order valence-corrected chi connectivity index (χ2v) is 5.60. The van der Waals surface area contributed by atoms with Crippen molar-refractivity contribution in [3.8, 4) is 11.3 Å². The molecule has 1 aliphatic rings. The molecule has 0 saturated carbocycles. The lowest BCUT2D eigenvalue weighted by Crippen LogP contribution is -2.30. The lowest BCUT2D eigenvalue weighted by Gasteiger charge is -2.15. The number of aromatic nitrogens is 1. The van der Waals surface area contributed by atoms with Crippen molar-refractivity contribution < 1.29 is 27.6 Å². The van der Waals surface area contributed by atoms with Gasteiger partial charge in [0.15, 0.2) is 5.78 Å². The number of nitrogens with zero attached hydrogens (tertiary/aromatic N) is 1. The molecule has 132 valence electrons. The van der Waals surface area contributed by atoms with Crippen LogP contribution in [-0.2, 0) is 11.0 Å². The van der Waals surface area contributed by atoms with Gasteiger partial charge in [0.25, 0.3) is 0 Å². The summed E-state index contributed by atoms with van der Waals surface area (Å²) in [6.45, 7) is 1.19. The van der Waals surface area contributed by atoms with Gasteiger partial charge in [-0.1, -0.05) is 12.1 Å². The number of alkyl halides is 3. The molecule has 0 unspecified atom stereocenters. The maximum absolute atomic E-state index is 12.7. The number of hydrogen-bond donors (Lipinski definition) is 1. The number of carbonyl (C=O) groups excluding carboxylic acids is 3. The number of halogens is 3. The molecule has 3 rings (SSSR count). The van der Waals surface area contributed by atoms with Crippen LogP contribution >= 0.6 is 0 Å². The van der Waals surface area contributed by atoms with Crippen molar-refractivity contribution in [1.82, 2.24) is 10.3 Å². The summed E-state index contributed by atoms with van der Waals surface area (Å²) in [6, 6.07) is 7.12. The fourth-order valence-electron chi connectivity index (χ4n) is 2.51. The predicted molar refractivity (Wildman–Crippen MR) is 85.2 cm³/mol. The van der Waals surface area contributed by atoms with Crippen molar-refractivity contribution in [1.29, 1.82) is 0 Å². The van der Waals surface area contributed by atoms with E-state index in [4.69, 9.17) is 0 Å². The normalized spacial score (nSPS) is 13.9. The summed E-state index contributed by atoms with van der Waals surface area (Å²) in [7, 11) is 0. The fraction of sp³-hybridized carbons (Fsp3) is 0.111. The fourth-order valence-corrected chi connectivity index (χ4v) is 2.51. The van der Waals surface area contributed by atoms with Crippen LogP contribution in [0.2, 0.25) is 0 Å². The van der Waals surface area contributed by atoms with Gasteiger partial charge >= 0.3 is 6.18 Å². The topological polar surface area (TPSA) is 76.1 Å². The van der Waals surface area contributed by atoms with Gasteiger partial charge in [-0.3, -0.25) is 14.4 Å². The molecule has 0 bridgehead atoms. The third-order valence-corrected chi connectivity index (χ3v) is 3.71. The number of hydrogen-bond acceptors (Lipinski definition) is 4. The van der Waals surface area contributed by atoms with Gasteiger partial charge in [0.1, 0.15) is 5.69 Å². The molecule has 0 spiro atoms. The van der Waals surface area contributed by atoms with E-state index in [2.05, 4.69) is 10.3 Å². The zero-order valence-corrected chi connectivity index (χ0v) is 13.3. The van der Waals surface area contributed by atoms with Crippen LogP contribution in [0.25, 0.3) is 11.3 Å². The van der Waals surface area contributed by atoms with E-state index in [-0.39, 0.29) is 22.6 Å². The third kappa shape index (κ3) is 3.26. The Morgan fingerprint density at radius 2 is 1.69 bits per heavy atom. The number of carbonyl (C=O) groups is 3. The van der Waals surface area contributed by atoms with E-state index in [9.17, 15) is 27.6 Å². The number of benzene rings is 1. The summed E-state index contributed by atoms with van der Waals surface area (Å²) in [6.07, 6.45) is -3.44. The highest BCUT2D eigenvalue weighted by molar-refractivity contribution is 6.24. The van der Waals surface area contributed by atoms with Crippen LogP contribution in [0.15, 0.2) is 48.2 Å². The molecular formula is C18H11F3N2O3. The van der Waals surface area contributed by atoms with Crippen molar-refractivity contribution in [2.75, 3.05) is 0 Å². The Morgan fingerprint density at radius 1 is 1.04 bits per heavy atom. The van der Waals surface area contributed by atoms with Gasteiger partial charge in [0.2, 0.25) is 11.7 Å². The highest BCUT2D eigenvalue weighted by Gasteiger charge is 2.30. The van der Waals surface area contributed by atoms with E-state index in [0.717, 1.165) is 18.2 Å². The Hall–Kier alpha value is -3.29. The molecule has 0 saturated heterocycles. The van der Waals surface area contributed by atoms with Gasteiger partial charge in [0, 0.05) is 18.6 Å². The van der Waals surface area contributed by atoms with E-state index >= 15 is 0 Å². The minimum Gasteiger partial charge on any atom is -0.323 e. The molecule has 0 radical (unpaired) electrons. The van der Waals surface area contributed by atoms with Crippen LogP contribution < -0.4 is 5.32 Å². The zero-order chi connectivity index (χ0) is 19.1. The minimum absolute atomic E-state index is 0.0692. The van der Waals surface area contributed by atoms with Crippen LogP contribution in [0.5, 0.6) is 0 Å². The largest absolute Gasteiger partial charge is 0.416 e. The monoisotopic (exact) mass is 360 g/mol. The Labute approximate surface area is 145 Å². The summed E-state index contributed by atoms with van der Waals surface area (Å²) in [5.74, 6) is -1.64. The van der Waals surface area contributed by atoms with E-state index in [1.807, 2.05) is 0 Å². The molecule has 1 heterocycles. The Balaban J connectivity index is 2.00. The molecule has 8 heteroatoms. The first-order chi connectivity index (χ1) is 12.2. The van der Waals surface area contributed by atoms with Gasteiger partial charge in [-0.2, -0.15) is 13.2 Å². The maximum atomic E-state index is 12.7. The first-order valence-corrected chi connectivity index (χ1v) is 7.44. The molecule has 2 aromatic rings. The Kier molecular flexibility index (Phi) is 4.19. The van der Waals surface area contributed by atoms with Crippen molar-refractivity contribution in [2.45, 2.75) is 13.1 Å². The van der Waals surface area contributed by atoms with E-state index < -0.39 is 29.2 Å². The highest BCUT2D eigenvalue weighted by Crippen LogP contribution is 2.31.